The molecular weight excluding hydrogens is 377 g/mol. The molecule has 1 aliphatic rings. The van der Waals surface area contributed by atoms with Crippen LogP contribution in [0, 0.1) is 5.82 Å². The van der Waals surface area contributed by atoms with Gasteiger partial charge in [-0.25, -0.2) is 4.39 Å². The van der Waals surface area contributed by atoms with Gasteiger partial charge in [-0.3, -0.25) is 9.78 Å². The maximum Gasteiger partial charge on any atom is 0.251 e. The summed E-state index contributed by atoms with van der Waals surface area (Å²) in [6, 6.07) is 13.9. The molecule has 0 aliphatic heterocycles. The van der Waals surface area contributed by atoms with E-state index in [2.05, 4.69) is 15.6 Å². The molecule has 6 heteroatoms. The Bertz CT molecular complexity index is 1000. The molecule has 4 nitrogen and oxygen atoms in total. The second-order valence-corrected chi connectivity index (χ2v) is 7.63. The third kappa shape index (κ3) is 4.25. The normalized spacial score (nSPS) is 19.4. The number of nitrogens with one attached hydrogen (secondary N) is 2. The van der Waals surface area contributed by atoms with Gasteiger partial charge in [-0.1, -0.05) is 17.7 Å². The fourth-order valence-electron chi connectivity index (χ4n) is 3.75. The Hall–Kier alpha value is -2.66. The Morgan fingerprint density at radius 2 is 1.82 bits per heavy atom. The SMILES string of the molecule is O=C(N[C@H]1CC[C@@H](Nc2ccnc3cc(Cl)ccc23)CC1)c1cccc(F)c1. The number of fused-ring (bicyclic) bond motifs is 1. The van der Waals surface area contributed by atoms with Crippen molar-refractivity contribution in [2.24, 2.45) is 0 Å². The van der Waals surface area contributed by atoms with Crippen LogP contribution >= 0.6 is 11.6 Å². The number of carbonyl (C=O) groups excluding carboxylic acids is 1. The highest BCUT2D eigenvalue weighted by molar-refractivity contribution is 6.31. The van der Waals surface area contributed by atoms with Crippen LogP contribution in [0.3, 0.4) is 0 Å². The first kappa shape index (κ1) is 18.7. The van der Waals surface area contributed by atoms with Crippen LogP contribution in [-0.2, 0) is 0 Å². The monoisotopic (exact) mass is 397 g/mol. The third-order valence-electron chi connectivity index (χ3n) is 5.21. The van der Waals surface area contributed by atoms with E-state index < -0.39 is 5.82 Å². The number of hydrogen-bond donors (Lipinski definition) is 2. The molecule has 4 rings (SSSR count). The van der Waals surface area contributed by atoms with E-state index >= 15 is 0 Å². The molecule has 0 spiro atoms. The Morgan fingerprint density at radius 3 is 2.61 bits per heavy atom. The van der Waals surface area contributed by atoms with Crippen molar-refractivity contribution in [2.75, 3.05) is 5.32 Å². The maximum atomic E-state index is 13.3. The van der Waals surface area contributed by atoms with E-state index in [1.54, 1.807) is 18.3 Å². The number of halogens is 2. The van der Waals surface area contributed by atoms with E-state index in [1.807, 2.05) is 24.3 Å². The smallest absolute Gasteiger partial charge is 0.251 e. The molecule has 0 unspecified atom stereocenters. The second kappa shape index (κ2) is 8.15. The van der Waals surface area contributed by atoms with Crippen molar-refractivity contribution < 1.29 is 9.18 Å². The molecule has 1 amide bonds. The summed E-state index contributed by atoms with van der Waals surface area (Å²) >= 11 is 6.06. The van der Waals surface area contributed by atoms with Crippen molar-refractivity contribution in [1.82, 2.24) is 10.3 Å². The van der Waals surface area contributed by atoms with E-state index in [-0.39, 0.29) is 11.9 Å². The summed E-state index contributed by atoms with van der Waals surface area (Å²) in [5.41, 5.74) is 2.28. The van der Waals surface area contributed by atoms with Crippen molar-refractivity contribution in [1.29, 1.82) is 0 Å². The quantitative estimate of drug-likeness (QED) is 0.637. The van der Waals surface area contributed by atoms with Crippen LogP contribution in [0.5, 0.6) is 0 Å². The van der Waals surface area contributed by atoms with Crippen LogP contribution in [0.25, 0.3) is 10.9 Å². The summed E-state index contributed by atoms with van der Waals surface area (Å²) < 4.78 is 13.3. The standard InChI is InChI=1S/C22H21ClFN3O/c23-15-4-9-19-20(10-11-25-21(19)13-15)26-17-5-7-18(8-6-17)27-22(28)14-2-1-3-16(24)12-14/h1-4,9-13,17-18H,5-8H2,(H,25,26)(H,27,28)/t17-,18+. The summed E-state index contributed by atoms with van der Waals surface area (Å²) in [6.45, 7) is 0. The molecule has 2 aromatic carbocycles. The first-order valence-corrected chi connectivity index (χ1v) is 9.83. The van der Waals surface area contributed by atoms with Gasteiger partial charge in [0.1, 0.15) is 5.82 Å². The van der Waals surface area contributed by atoms with Crippen LogP contribution in [0.2, 0.25) is 5.02 Å². The van der Waals surface area contributed by atoms with Crippen molar-refractivity contribution in [3.63, 3.8) is 0 Å². The minimum atomic E-state index is -0.397. The highest BCUT2D eigenvalue weighted by Gasteiger charge is 2.23. The maximum absolute atomic E-state index is 13.3. The summed E-state index contributed by atoms with van der Waals surface area (Å²) in [4.78, 5) is 16.7. The van der Waals surface area contributed by atoms with Crippen molar-refractivity contribution in [3.8, 4) is 0 Å². The third-order valence-corrected chi connectivity index (χ3v) is 5.45. The van der Waals surface area contributed by atoms with Gasteiger partial charge in [-0.2, -0.15) is 0 Å². The molecule has 1 aliphatic carbocycles. The number of nitrogens with zero attached hydrogens (tertiary/aromatic N) is 1. The lowest BCUT2D eigenvalue weighted by Crippen LogP contribution is -2.40. The molecule has 1 heterocycles. The molecule has 0 atom stereocenters. The number of carbonyl (C=O) groups is 1. The van der Waals surface area contributed by atoms with Gasteiger partial charge in [0, 0.05) is 39.9 Å². The predicted octanol–water partition coefficient (Wildman–Crippen LogP) is 5.18. The van der Waals surface area contributed by atoms with E-state index in [4.69, 9.17) is 11.6 Å². The zero-order chi connectivity index (χ0) is 19.5. The lowest BCUT2D eigenvalue weighted by atomic mass is 9.90. The Labute approximate surface area is 168 Å². The van der Waals surface area contributed by atoms with Crippen LogP contribution in [-0.4, -0.2) is 23.0 Å². The highest BCUT2D eigenvalue weighted by atomic mass is 35.5. The van der Waals surface area contributed by atoms with E-state index in [0.29, 0.717) is 16.6 Å². The largest absolute Gasteiger partial charge is 0.382 e. The number of pyridine rings is 1. The number of rotatable bonds is 4. The van der Waals surface area contributed by atoms with Gasteiger partial charge in [0.05, 0.1) is 5.52 Å². The first-order chi connectivity index (χ1) is 13.6. The summed E-state index contributed by atoms with van der Waals surface area (Å²) in [7, 11) is 0. The molecule has 1 aromatic heterocycles. The number of hydrogen-bond acceptors (Lipinski definition) is 3. The van der Waals surface area contributed by atoms with Gasteiger partial charge in [-0.05, 0) is 68.1 Å². The minimum absolute atomic E-state index is 0.113. The lowest BCUT2D eigenvalue weighted by molar-refractivity contribution is 0.0926. The van der Waals surface area contributed by atoms with Crippen LogP contribution in [0.15, 0.2) is 54.7 Å². The number of amides is 1. The molecule has 0 saturated heterocycles. The molecule has 0 radical (unpaired) electrons. The highest BCUT2D eigenvalue weighted by Crippen LogP contribution is 2.28. The zero-order valence-electron chi connectivity index (χ0n) is 15.3. The van der Waals surface area contributed by atoms with Crippen LogP contribution in [0.4, 0.5) is 10.1 Å². The molecule has 3 aromatic rings. The van der Waals surface area contributed by atoms with Crippen LogP contribution < -0.4 is 10.6 Å². The summed E-state index contributed by atoms with van der Waals surface area (Å²) in [5, 5.41) is 8.36. The lowest BCUT2D eigenvalue weighted by Gasteiger charge is -2.30. The van der Waals surface area contributed by atoms with Gasteiger partial charge < -0.3 is 10.6 Å². The fraction of sp³-hybridized carbons (Fsp3) is 0.273. The van der Waals surface area contributed by atoms with Crippen molar-refractivity contribution in [3.05, 3.63) is 71.1 Å². The average molecular weight is 398 g/mol. The molecule has 28 heavy (non-hydrogen) atoms. The average Bonchev–Trinajstić information content (AvgIpc) is 2.69. The van der Waals surface area contributed by atoms with Crippen molar-refractivity contribution >= 4 is 34.1 Å². The topological polar surface area (TPSA) is 54.0 Å². The van der Waals surface area contributed by atoms with E-state index in [0.717, 1.165) is 42.3 Å². The van der Waals surface area contributed by atoms with Gasteiger partial charge in [0.25, 0.3) is 5.91 Å². The number of benzene rings is 2. The van der Waals surface area contributed by atoms with Gasteiger partial charge in [0.2, 0.25) is 0 Å². The second-order valence-electron chi connectivity index (χ2n) is 7.20. The number of aromatic nitrogens is 1. The molecular formula is C22H21ClFN3O. The molecule has 1 saturated carbocycles. The van der Waals surface area contributed by atoms with Crippen LogP contribution in [0.1, 0.15) is 36.0 Å². The molecule has 0 bridgehead atoms. The predicted molar refractivity (Wildman–Crippen MR) is 110 cm³/mol. The zero-order valence-corrected chi connectivity index (χ0v) is 16.0. The summed E-state index contributed by atoms with van der Waals surface area (Å²) in [6.07, 6.45) is 5.45. The van der Waals surface area contributed by atoms with Gasteiger partial charge >= 0.3 is 0 Å². The fourth-order valence-corrected chi connectivity index (χ4v) is 3.91. The van der Waals surface area contributed by atoms with E-state index in [9.17, 15) is 9.18 Å². The van der Waals surface area contributed by atoms with Gasteiger partial charge in [-0.15, -0.1) is 0 Å². The molecule has 2 N–H and O–H groups in total. The Kier molecular flexibility index (Phi) is 5.44. The van der Waals surface area contributed by atoms with Gasteiger partial charge in [0.15, 0.2) is 0 Å². The molecule has 144 valence electrons. The number of anilines is 1. The molecule has 1 fully saturated rings. The minimum Gasteiger partial charge on any atom is -0.382 e. The Morgan fingerprint density at radius 1 is 1.04 bits per heavy atom. The Balaban J connectivity index is 1.35. The van der Waals surface area contributed by atoms with E-state index in [1.165, 1.54) is 12.1 Å². The summed E-state index contributed by atoms with van der Waals surface area (Å²) in [5.74, 6) is -0.612. The first-order valence-electron chi connectivity index (χ1n) is 9.46. The van der Waals surface area contributed by atoms with Crippen molar-refractivity contribution in [2.45, 2.75) is 37.8 Å².